The van der Waals surface area contributed by atoms with Gasteiger partial charge < -0.3 is 5.73 Å². The fourth-order valence-electron chi connectivity index (χ4n) is 1.61. The summed E-state index contributed by atoms with van der Waals surface area (Å²) in [5.41, 5.74) is 6.57. The lowest BCUT2D eigenvalue weighted by molar-refractivity contribution is 0.589. The zero-order chi connectivity index (χ0) is 12.4. The minimum absolute atomic E-state index is 0.0323. The van der Waals surface area contributed by atoms with E-state index < -0.39 is 11.9 Å². The van der Waals surface area contributed by atoms with Crippen LogP contribution in [0.1, 0.15) is 24.4 Å². The molecule has 2 rings (SSSR count). The molecule has 0 amide bonds. The van der Waals surface area contributed by atoms with Crippen LogP contribution in [0.25, 0.3) is 5.69 Å². The molecule has 0 spiro atoms. The molecular formula is C11H10FN5. The summed E-state index contributed by atoms with van der Waals surface area (Å²) in [6.07, 6.45) is 1.36. The highest BCUT2D eigenvalue weighted by atomic mass is 19.1. The van der Waals surface area contributed by atoms with E-state index >= 15 is 0 Å². The van der Waals surface area contributed by atoms with Crippen LogP contribution in [0.5, 0.6) is 0 Å². The highest BCUT2D eigenvalue weighted by molar-refractivity contribution is 5.42. The highest BCUT2D eigenvalue weighted by Gasteiger charge is 2.14. The molecule has 1 heterocycles. The van der Waals surface area contributed by atoms with Crippen molar-refractivity contribution in [1.82, 2.24) is 14.8 Å². The molecule has 0 saturated heterocycles. The summed E-state index contributed by atoms with van der Waals surface area (Å²) in [6.45, 7) is 1.68. The molecule has 2 aromatic rings. The average Bonchev–Trinajstić information content (AvgIpc) is 2.76. The molecule has 1 aromatic heterocycles. The van der Waals surface area contributed by atoms with Gasteiger partial charge in [-0.1, -0.05) is 6.07 Å². The maximum atomic E-state index is 13.7. The molecule has 0 unspecified atom stereocenters. The van der Waals surface area contributed by atoms with Crippen molar-refractivity contribution in [3.63, 3.8) is 0 Å². The average molecular weight is 231 g/mol. The maximum absolute atomic E-state index is 13.7. The van der Waals surface area contributed by atoms with Crippen molar-refractivity contribution in [2.75, 3.05) is 0 Å². The lowest BCUT2D eigenvalue weighted by Crippen LogP contribution is -2.12. The van der Waals surface area contributed by atoms with Gasteiger partial charge in [-0.05, 0) is 19.1 Å². The second kappa shape index (κ2) is 4.31. The first-order valence-electron chi connectivity index (χ1n) is 4.99. The van der Waals surface area contributed by atoms with Gasteiger partial charge in [-0.25, -0.2) is 14.1 Å². The smallest absolute Gasteiger partial charge is 0.252 e. The Kier molecular flexibility index (Phi) is 2.85. The quantitative estimate of drug-likeness (QED) is 0.844. The van der Waals surface area contributed by atoms with Gasteiger partial charge in [0, 0.05) is 11.6 Å². The van der Waals surface area contributed by atoms with E-state index in [0.29, 0.717) is 11.3 Å². The molecule has 1 atom stereocenters. The molecule has 0 radical (unpaired) electrons. The van der Waals surface area contributed by atoms with Crippen LogP contribution in [0.3, 0.4) is 0 Å². The number of nitriles is 1. The summed E-state index contributed by atoms with van der Waals surface area (Å²) in [5, 5.41) is 12.5. The van der Waals surface area contributed by atoms with E-state index in [0.717, 1.165) is 0 Å². The highest BCUT2D eigenvalue weighted by Crippen LogP contribution is 2.22. The van der Waals surface area contributed by atoms with Crippen LogP contribution in [-0.2, 0) is 0 Å². The third-order valence-corrected chi connectivity index (χ3v) is 2.32. The van der Waals surface area contributed by atoms with Crippen LogP contribution < -0.4 is 5.73 Å². The zero-order valence-electron chi connectivity index (χ0n) is 9.13. The number of rotatable bonds is 2. The number of hydrogen-bond donors (Lipinski definition) is 1. The van der Waals surface area contributed by atoms with Gasteiger partial charge in [0.25, 0.3) is 5.82 Å². The third kappa shape index (κ3) is 2.00. The number of benzene rings is 1. The first-order valence-corrected chi connectivity index (χ1v) is 4.99. The minimum Gasteiger partial charge on any atom is -0.324 e. The topological polar surface area (TPSA) is 80.5 Å². The predicted molar refractivity (Wildman–Crippen MR) is 58.6 cm³/mol. The third-order valence-electron chi connectivity index (χ3n) is 2.32. The van der Waals surface area contributed by atoms with Gasteiger partial charge in [0.05, 0.1) is 5.69 Å². The molecule has 0 aliphatic rings. The zero-order valence-corrected chi connectivity index (χ0v) is 9.13. The fraction of sp³-hybridized carbons (Fsp3) is 0.182. The van der Waals surface area contributed by atoms with E-state index in [2.05, 4.69) is 10.1 Å². The molecule has 0 fully saturated rings. The minimum atomic E-state index is -0.471. The van der Waals surface area contributed by atoms with Crippen LogP contribution in [0.15, 0.2) is 24.5 Å². The lowest BCUT2D eigenvalue weighted by Gasteiger charge is -2.12. The van der Waals surface area contributed by atoms with Gasteiger partial charge in [-0.15, -0.1) is 5.10 Å². The second-order valence-corrected chi connectivity index (χ2v) is 3.59. The predicted octanol–water partition coefficient (Wildman–Crippen LogP) is 1.30. The van der Waals surface area contributed by atoms with Gasteiger partial charge in [-0.3, -0.25) is 0 Å². The van der Waals surface area contributed by atoms with Crippen molar-refractivity contribution < 1.29 is 4.39 Å². The Morgan fingerprint density at radius 2 is 2.29 bits per heavy atom. The Hall–Kier alpha value is -2.26. The number of halogens is 1. The molecule has 0 aliphatic heterocycles. The van der Waals surface area contributed by atoms with E-state index in [1.807, 2.05) is 6.07 Å². The van der Waals surface area contributed by atoms with Gasteiger partial charge in [-0.2, -0.15) is 5.26 Å². The number of nitrogens with two attached hydrogens (primary N) is 1. The summed E-state index contributed by atoms with van der Waals surface area (Å²) in [4.78, 5) is 3.77. The maximum Gasteiger partial charge on any atom is 0.252 e. The van der Waals surface area contributed by atoms with Gasteiger partial charge in [0.1, 0.15) is 18.2 Å². The van der Waals surface area contributed by atoms with Gasteiger partial charge in [0.15, 0.2) is 0 Å². The van der Waals surface area contributed by atoms with Gasteiger partial charge in [0.2, 0.25) is 0 Å². The van der Waals surface area contributed by atoms with Crippen LogP contribution in [0.4, 0.5) is 4.39 Å². The molecule has 5 nitrogen and oxygen atoms in total. The Balaban J connectivity index is 2.59. The summed E-state index contributed by atoms with van der Waals surface area (Å²) in [5.74, 6) is -0.364. The molecule has 1 aromatic carbocycles. The molecule has 0 aliphatic carbocycles. The number of hydrogen-bond acceptors (Lipinski definition) is 4. The van der Waals surface area contributed by atoms with Crippen LogP contribution in [0, 0.1) is 17.1 Å². The van der Waals surface area contributed by atoms with Crippen molar-refractivity contribution in [2.45, 2.75) is 13.0 Å². The molecule has 2 N–H and O–H groups in total. The summed E-state index contributed by atoms with van der Waals surface area (Å²) in [6, 6.07) is 5.92. The monoisotopic (exact) mass is 231 g/mol. The molecule has 0 bridgehead atoms. The molecule has 17 heavy (non-hydrogen) atoms. The number of aromatic nitrogens is 3. The molecular weight excluding hydrogens is 221 g/mol. The van der Waals surface area contributed by atoms with Crippen molar-refractivity contribution >= 4 is 0 Å². The Morgan fingerprint density at radius 3 is 2.88 bits per heavy atom. The van der Waals surface area contributed by atoms with Crippen molar-refractivity contribution in [3.8, 4) is 11.8 Å². The number of nitrogens with zero attached hydrogens (tertiary/aromatic N) is 4. The summed E-state index contributed by atoms with van der Waals surface area (Å²) in [7, 11) is 0. The van der Waals surface area contributed by atoms with Crippen LogP contribution in [0.2, 0.25) is 0 Å². The first-order chi connectivity index (χ1) is 8.13. The van der Waals surface area contributed by atoms with Gasteiger partial charge >= 0.3 is 0 Å². The summed E-state index contributed by atoms with van der Waals surface area (Å²) < 4.78 is 15.0. The Morgan fingerprint density at radius 1 is 1.53 bits per heavy atom. The van der Waals surface area contributed by atoms with E-state index in [1.54, 1.807) is 19.1 Å². The van der Waals surface area contributed by atoms with E-state index in [4.69, 9.17) is 11.0 Å². The van der Waals surface area contributed by atoms with Crippen LogP contribution >= 0.6 is 0 Å². The van der Waals surface area contributed by atoms with Crippen molar-refractivity contribution in [3.05, 3.63) is 41.7 Å². The van der Waals surface area contributed by atoms with Crippen molar-refractivity contribution in [1.29, 1.82) is 5.26 Å². The van der Waals surface area contributed by atoms with E-state index in [9.17, 15) is 4.39 Å². The normalized spacial score (nSPS) is 12.1. The lowest BCUT2D eigenvalue weighted by atomic mass is 10.1. The largest absolute Gasteiger partial charge is 0.324 e. The first kappa shape index (κ1) is 11.2. The van der Waals surface area contributed by atoms with E-state index in [1.165, 1.54) is 17.1 Å². The molecule has 0 saturated carbocycles. The standard InChI is InChI=1S/C11H10FN5/c1-7(14)11-8(12)3-2-4-9(11)17-6-15-10(5-13)16-17/h2-4,6-7H,14H2,1H3/t7-/m0/s1. The Labute approximate surface area is 97.3 Å². The Bertz CT molecular complexity index is 582. The SMILES string of the molecule is C[C@H](N)c1c(F)cccc1-n1cnc(C#N)n1. The van der Waals surface area contributed by atoms with Crippen molar-refractivity contribution in [2.24, 2.45) is 5.73 Å². The van der Waals surface area contributed by atoms with Crippen LogP contribution in [-0.4, -0.2) is 14.8 Å². The fourth-order valence-corrected chi connectivity index (χ4v) is 1.61. The molecule has 6 heteroatoms. The van der Waals surface area contributed by atoms with E-state index in [-0.39, 0.29) is 5.82 Å². The second-order valence-electron chi connectivity index (χ2n) is 3.59. The molecule has 86 valence electrons. The summed E-state index contributed by atoms with van der Waals surface area (Å²) >= 11 is 0.